The molecule has 1 unspecified atom stereocenters. The number of hydrogen-bond donors (Lipinski definition) is 1. The molecule has 0 aliphatic carbocycles. The van der Waals surface area contributed by atoms with Gasteiger partial charge < -0.3 is 10.0 Å². The van der Waals surface area contributed by atoms with Crippen LogP contribution in [0.5, 0.6) is 0 Å². The molecule has 2 aromatic rings. The van der Waals surface area contributed by atoms with Crippen LogP contribution in [0.4, 0.5) is 0 Å². The third-order valence-corrected chi connectivity index (χ3v) is 5.35. The normalized spacial score (nSPS) is 17.2. The zero-order valence-corrected chi connectivity index (χ0v) is 14.5. The van der Waals surface area contributed by atoms with Gasteiger partial charge in [0.1, 0.15) is 5.01 Å². The number of thiazole rings is 1. The summed E-state index contributed by atoms with van der Waals surface area (Å²) < 4.78 is 0. The van der Waals surface area contributed by atoms with E-state index in [1.54, 1.807) is 4.90 Å². The Kier molecular flexibility index (Phi) is 5.16. The molecule has 126 valence electrons. The number of amides is 1. The molecule has 1 aromatic carbocycles. The maximum Gasteiger partial charge on any atom is 0.305 e. The van der Waals surface area contributed by atoms with Crippen LogP contribution in [0.3, 0.4) is 0 Å². The first-order chi connectivity index (χ1) is 11.5. The molecule has 0 saturated carbocycles. The van der Waals surface area contributed by atoms with Gasteiger partial charge in [0.2, 0.25) is 5.91 Å². The van der Waals surface area contributed by atoms with Gasteiger partial charge in [-0.05, 0) is 18.9 Å². The second-order valence-corrected chi connectivity index (χ2v) is 7.05. The zero-order valence-electron chi connectivity index (χ0n) is 12.9. The lowest BCUT2D eigenvalue weighted by molar-refractivity contribution is -0.139. The van der Waals surface area contributed by atoms with Crippen LogP contribution < -0.4 is 0 Å². The predicted molar refractivity (Wildman–Crippen MR) is 93.3 cm³/mol. The Morgan fingerprint density at radius 3 is 2.92 bits per heavy atom. The Morgan fingerprint density at radius 2 is 2.17 bits per heavy atom. The van der Waals surface area contributed by atoms with Crippen molar-refractivity contribution in [2.45, 2.75) is 31.7 Å². The molecule has 1 amide bonds. The van der Waals surface area contributed by atoms with Crippen LogP contribution in [0, 0.1) is 0 Å². The summed E-state index contributed by atoms with van der Waals surface area (Å²) >= 11 is 7.63. The lowest BCUT2D eigenvalue weighted by Crippen LogP contribution is -2.37. The van der Waals surface area contributed by atoms with Crippen molar-refractivity contribution in [2.75, 3.05) is 6.54 Å². The number of aliphatic carboxylic acids is 1. The second-order valence-electron chi connectivity index (χ2n) is 5.78. The molecule has 5 nitrogen and oxygen atoms in total. The molecule has 0 spiro atoms. The van der Waals surface area contributed by atoms with Crippen molar-refractivity contribution in [3.8, 4) is 10.6 Å². The molecule has 7 heteroatoms. The van der Waals surface area contributed by atoms with E-state index in [9.17, 15) is 9.59 Å². The summed E-state index contributed by atoms with van der Waals surface area (Å²) in [6.45, 7) is 0.623. The minimum atomic E-state index is -0.866. The molecule has 0 bridgehead atoms. The standard InChI is InChI=1S/C17H17ClN2O3S/c18-14-6-2-1-5-13(14)17-19-11(10-24-17)8-15(21)20-7-3-4-12(20)9-16(22)23/h1-2,5-6,10,12H,3-4,7-9H2,(H,22,23). The summed E-state index contributed by atoms with van der Waals surface area (Å²) in [5, 5.41) is 12.2. The number of aromatic nitrogens is 1. The highest BCUT2D eigenvalue weighted by molar-refractivity contribution is 7.13. The number of rotatable bonds is 5. The molecule has 24 heavy (non-hydrogen) atoms. The third-order valence-electron chi connectivity index (χ3n) is 4.10. The Balaban J connectivity index is 1.69. The van der Waals surface area contributed by atoms with Crippen LogP contribution in [0.2, 0.25) is 5.02 Å². The summed E-state index contributed by atoms with van der Waals surface area (Å²) in [5.41, 5.74) is 1.55. The summed E-state index contributed by atoms with van der Waals surface area (Å²) in [6, 6.07) is 7.27. The SMILES string of the molecule is O=C(O)CC1CCCN1C(=O)Cc1csc(-c2ccccc2Cl)n1. The summed E-state index contributed by atoms with van der Waals surface area (Å²) in [6.07, 6.45) is 1.80. The first-order valence-corrected chi connectivity index (χ1v) is 9.01. The minimum absolute atomic E-state index is 0.00762. The highest BCUT2D eigenvalue weighted by Gasteiger charge is 2.30. The monoisotopic (exact) mass is 364 g/mol. The number of carbonyl (C=O) groups excluding carboxylic acids is 1. The van der Waals surface area contributed by atoms with Gasteiger partial charge in [0.15, 0.2) is 0 Å². The highest BCUT2D eigenvalue weighted by atomic mass is 35.5. The quantitative estimate of drug-likeness (QED) is 0.881. The van der Waals surface area contributed by atoms with E-state index in [1.165, 1.54) is 11.3 Å². The molecule has 1 atom stereocenters. The number of carbonyl (C=O) groups is 2. The molecule has 1 aliphatic heterocycles. The molecule has 3 rings (SSSR count). The topological polar surface area (TPSA) is 70.5 Å². The van der Waals surface area contributed by atoms with Crippen molar-refractivity contribution in [2.24, 2.45) is 0 Å². The van der Waals surface area contributed by atoms with Crippen LogP contribution in [-0.4, -0.2) is 39.5 Å². The zero-order chi connectivity index (χ0) is 17.1. The smallest absolute Gasteiger partial charge is 0.305 e. The van der Waals surface area contributed by atoms with E-state index in [2.05, 4.69) is 4.98 Å². The molecular formula is C17H17ClN2O3S. The summed E-state index contributed by atoms with van der Waals surface area (Å²) in [7, 11) is 0. The van der Waals surface area contributed by atoms with Crippen LogP contribution in [-0.2, 0) is 16.0 Å². The van der Waals surface area contributed by atoms with E-state index in [-0.39, 0.29) is 24.8 Å². The van der Waals surface area contributed by atoms with E-state index >= 15 is 0 Å². The molecule has 1 aromatic heterocycles. The molecule has 2 heterocycles. The maximum absolute atomic E-state index is 12.5. The number of halogens is 1. The van der Waals surface area contributed by atoms with Gasteiger partial charge in [-0.3, -0.25) is 9.59 Å². The molecule has 1 aliphatic rings. The molecule has 1 saturated heterocycles. The number of likely N-dealkylation sites (tertiary alicyclic amines) is 1. The summed E-state index contributed by atoms with van der Waals surface area (Å²) in [4.78, 5) is 29.6. The van der Waals surface area contributed by atoms with Crippen molar-refractivity contribution in [3.05, 3.63) is 40.4 Å². The number of hydrogen-bond acceptors (Lipinski definition) is 4. The fourth-order valence-corrected chi connectivity index (χ4v) is 4.12. The van der Waals surface area contributed by atoms with Crippen molar-refractivity contribution in [1.82, 2.24) is 9.88 Å². The van der Waals surface area contributed by atoms with Gasteiger partial charge in [-0.25, -0.2) is 4.98 Å². The van der Waals surface area contributed by atoms with Gasteiger partial charge in [-0.15, -0.1) is 11.3 Å². The fraction of sp³-hybridized carbons (Fsp3) is 0.353. The van der Waals surface area contributed by atoms with Crippen LogP contribution >= 0.6 is 22.9 Å². The lowest BCUT2D eigenvalue weighted by Gasteiger charge is -2.23. The molecular weight excluding hydrogens is 348 g/mol. The number of carboxylic acids is 1. The molecule has 1 N–H and O–H groups in total. The average molecular weight is 365 g/mol. The first-order valence-electron chi connectivity index (χ1n) is 7.75. The summed E-state index contributed by atoms with van der Waals surface area (Å²) in [5.74, 6) is -0.927. The van der Waals surface area contributed by atoms with Gasteiger partial charge in [-0.1, -0.05) is 29.8 Å². The van der Waals surface area contributed by atoms with Crippen molar-refractivity contribution in [1.29, 1.82) is 0 Å². The van der Waals surface area contributed by atoms with Crippen LogP contribution in [0.1, 0.15) is 25.0 Å². The predicted octanol–water partition coefficient (Wildman–Crippen LogP) is 3.47. The fourth-order valence-electron chi connectivity index (χ4n) is 2.98. The van der Waals surface area contributed by atoms with E-state index in [1.807, 2.05) is 29.6 Å². The number of nitrogens with zero attached hydrogens (tertiary/aromatic N) is 2. The maximum atomic E-state index is 12.5. The van der Waals surface area contributed by atoms with E-state index < -0.39 is 5.97 Å². The van der Waals surface area contributed by atoms with Crippen LogP contribution in [0.25, 0.3) is 10.6 Å². The highest BCUT2D eigenvalue weighted by Crippen LogP contribution is 2.30. The lowest BCUT2D eigenvalue weighted by atomic mass is 10.1. The number of carboxylic acid groups (broad SMARTS) is 1. The van der Waals surface area contributed by atoms with E-state index in [0.717, 1.165) is 23.4 Å². The second kappa shape index (κ2) is 7.32. The Hall–Kier alpha value is -1.92. The van der Waals surface area contributed by atoms with Crippen molar-refractivity contribution >= 4 is 34.8 Å². The van der Waals surface area contributed by atoms with Gasteiger partial charge >= 0.3 is 5.97 Å². The first kappa shape index (κ1) is 16.9. The Bertz CT molecular complexity index is 762. The minimum Gasteiger partial charge on any atom is -0.481 e. The molecule has 0 radical (unpaired) electrons. The van der Waals surface area contributed by atoms with Crippen LogP contribution in [0.15, 0.2) is 29.6 Å². The van der Waals surface area contributed by atoms with Gasteiger partial charge in [-0.2, -0.15) is 0 Å². The average Bonchev–Trinajstić information content (AvgIpc) is 3.16. The Morgan fingerprint density at radius 1 is 1.38 bits per heavy atom. The number of benzene rings is 1. The van der Waals surface area contributed by atoms with E-state index in [0.29, 0.717) is 17.3 Å². The van der Waals surface area contributed by atoms with Gasteiger partial charge in [0.25, 0.3) is 0 Å². The van der Waals surface area contributed by atoms with Gasteiger partial charge in [0, 0.05) is 23.5 Å². The molecule has 1 fully saturated rings. The van der Waals surface area contributed by atoms with E-state index in [4.69, 9.17) is 16.7 Å². The Labute approximate surface area is 148 Å². The van der Waals surface area contributed by atoms with Crippen molar-refractivity contribution < 1.29 is 14.7 Å². The van der Waals surface area contributed by atoms with Crippen molar-refractivity contribution in [3.63, 3.8) is 0 Å². The largest absolute Gasteiger partial charge is 0.481 e. The van der Waals surface area contributed by atoms with Gasteiger partial charge in [0.05, 0.1) is 23.6 Å². The third kappa shape index (κ3) is 3.76.